The molecule has 2 atom stereocenters. The molecule has 1 fully saturated rings. The molecule has 0 amide bonds. The maximum absolute atomic E-state index is 4.71. The van der Waals surface area contributed by atoms with Crippen molar-refractivity contribution >= 4 is 17.7 Å². The summed E-state index contributed by atoms with van der Waals surface area (Å²) in [6.45, 7) is 12.8. The van der Waals surface area contributed by atoms with Crippen LogP contribution in [0.2, 0.25) is 0 Å². The topological polar surface area (TPSA) is 41.1 Å². The fraction of sp³-hybridized carbons (Fsp3) is 0.733. The van der Waals surface area contributed by atoms with Crippen molar-refractivity contribution in [2.45, 2.75) is 51.2 Å². The highest BCUT2D eigenvalue weighted by Crippen LogP contribution is 2.27. The molecule has 1 aromatic heterocycles. The minimum absolute atomic E-state index is 0.647. The lowest BCUT2D eigenvalue weighted by Gasteiger charge is -2.34. The molecule has 112 valence electrons. The van der Waals surface area contributed by atoms with Crippen LogP contribution in [-0.2, 0) is 6.54 Å². The van der Waals surface area contributed by atoms with E-state index in [4.69, 9.17) is 4.98 Å². The second-order valence-electron chi connectivity index (χ2n) is 5.62. The maximum Gasteiger partial charge on any atom is 0.225 e. The van der Waals surface area contributed by atoms with Crippen LogP contribution in [0.4, 0.5) is 5.95 Å². The first kappa shape index (κ1) is 15.6. The number of aryl methyl sites for hydroxylation is 1. The normalized spacial score (nSPS) is 23.1. The fourth-order valence-corrected chi connectivity index (χ4v) is 3.87. The van der Waals surface area contributed by atoms with Crippen molar-refractivity contribution in [1.29, 1.82) is 0 Å². The molecule has 0 saturated carbocycles. The highest BCUT2D eigenvalue weighted by molar-refractivity contribution is 8.00. The molecule has 0 radical (unpaired) electrons. The first-order chi connectivity index (χ1) is 9.60. The molecule has 0 bridgehead atoms. The van der Waals surface area contributed by atoms with Gasteiger partial charge in [0.15, 0.2) is 0 Å². The number of nitrogens with zero attached hydrogens (tertiary/aromatic N) is 3. The van der Waals surface area contributed by atoms with Crippen LogP contribution in [0.5, 0.6) is 0 Å². The van der Waals surface area contributed by atoms with Gasteiger partial charge in [0.25, 0.3) is 0 Å². The van der Waals surface area contributed by atoms with Crippen LogP contribution in [0.1, 0.15) is 38.4 Å². The first-order valence-electron chi connectivity index (χ1n) is 7.53. The highest BCUT2D eigenvalue weighted by Gasteiger charge is 2.24. The van der Waals surface area contributed by atoms with E-state index < -0.39 is 0 Å². The predicted octanol–water partition coefficient (Wildman–Crippen LogP) is 2.61. The third kappa shape index (κ3) is 4.09. The van der Waals surface area contributed by atoms with Crippen molar-refractivity contribution in [2.75, 3.05) is 24.5 Å². The summed E-state index contributed by atoms with van der Waals surface area (Å²) in [5.41, 5.74) is 2.30. The number of thioether (sulfide) groups is 1. The van der Waals surface area contributed by atoms with Crippen molar-refractivity contribution in [3.8, 4) is 0 Å². The van der Waals surface area contributed by atoms with Crippen LogP contribution in [0.3, 0.4) is 0 Å². The van der Waals surface area contributed by atoms with E-state index in [-0.39, 0.29) is 0 Å². The number of anilines is 1. The minimum atomic E-state index is 0.647. The zero-order valence-electron chi connectivity index (χ0n) is 13.0. The van der Waals surface area contributed by atoms with Gasteiger partial charge in [0.1, 0.15) is 0 Å². The summed E-state index contributed by atoms with van der Waals surface area (Å²) in [6.07, 6.45) is 3.14. The van der Waals surface area contributed by atoms with Gasteiger partial charge >= 0.3 is 0 Å². The van der Waals surface area contributed by atoms with Gasteiger partial charge in [0, 0.05) is 47.6 Å². The van der Waals surface area contributed by atoms with E-state index in [9.17, 15) is 0 Å². The lowest BCUT2D eigenvalue weighted by atomic mass is 10.2. The Kier molecular flexibility index (Phi) is 5.66. The number of nitrogens with one attached hydrogen (secondary N) is 1. The number of aromatic nitrogens is 2. The Morgan fingerprint density at radius 2 is 2.05 bits per heavy atom. The molecule has 0 aromatic carbocycles. The SMILES string of the molecule is CCCNCc1cnc(N2CC(C)SC(C)C2)nc1C. The van der Waals surface area contributed by atoms with Gasteiger partial charge in [-0.2, -0.15) is 11.8 Å². The van der Waals surface area contributed by atoms with Crippen LogP contribution in [0, 0.1) is 6.92 Å². The third-order valence-corrected chi connectivity index (χ3v) is 4.74. The summed E-state index contributed by atoms with van der Waals surface area (Å²) >= 11 is 2.05. The Hall–Kier alpha value is -0.810. The molecule has 20 heavy (non-hydrogen) atoms. The zero-order valence-corrected chi connectivity index (χ0v) is 13.8. The third-order valence-electron chi connectivity index (χ3n) is 3.51. The summed E-state index contributed by atoms with van der Waals surface area (Å²) in [5.74, 6) is 0.890. The average Bonchev–Trinajstić information content (AvgIpc) is 2.39. The van der Waals surface area contributed by atoms with Crippen LogP contribution in [0.15, 0.2) is 6.20 Å². The molecule has 2 heterocycles. The van der Waals surface area contributed by atoms with E-state index in [1.165, 1.54) is 5.56 Å². The molecule has 1 aliphatic rings. The summed E-state index contributed by atoms with van der Waals surface area (Å²) < 4.78 is 0. The molecule has 1 aromatic rings. The maximum atomic E-state index is 4.71. The van der Waals surface area contributed by atoms with Gasteiger partial charge in [-0.1, -0.05) is 20.8 Å². The Morgan fingerprint density at radius 1 is 1.35 bits per heavy atom. The summed E-state index contributed by atoms with van der Waals surface area (Å²) in [6, 6.07) is 0. The molecule has 1 N–H and O–H groups in total. The van der Waals surface area contributed by atoms with Crippen LogP contribution >= 0.6 is 11.8 Å². The molecule has 5 heteroatoms. The Morgan fingerprint density at radius 3 is 2.65 bits per heavy atom. The smallest absolute Gasteiger partial charge is 0.225 e. The zero-order chi connectivity index (χ0) is 14.5. The molecular weight excluding hydrogens is 268 g/mol. The first-order valence-corrected chi connectivity index (χ1v) is 8.48. The lowest BCUT2D eigenvalue weighted by Crippen LogP contribution is -2.41. The molecular formula is C15H26N4S. The van der Waals surface area contributed by atoms with Crippen molar-refractivity contribution < 1.29 is 0 Å². The van der Waals surface area contributed by atoms with Gasteiger partial charge in [0.05, 0.1) is 0 Å². The molecule has 1 saturated heterocycles. The number of hydrogen-bond acceptors (Lipinski definition) is 5. The molecule has 0 spiro atoms. The fourth-order valence-electron chi connectivity index (χ4n) is 2.55. The Bertz CT molecular complexity index is 428. The standard InChI is InChI=1S/C15H26N4S/c1-5-6-16-7-14-8-17-15(18-13(14)4)19-9-11(2)20-12(3)10-19/h8,11-12,16H,5-7,9-10H2,1-4H3. The van der Waals surface area contributed by atoms with Crippen LogP contribution in [-0.4, -0.2) is 40.1 Å². The van der Waals surface area contributed by atoms with Gasteiger partial charge in [-0.3, -0.25) is 0 Å². The van der Waals surface area contributed by atoms with Crippen molar-refractivity contribution in [3.05, 3.63) is 17.5 Å². The quantitative estimate of drug-likeness (QED) is 0.846. The van der Waals surface area contributed by atoms with Gasteiger partial charge in [-0.05, 0) is 19.9 Å². The summed E-state index contributed by atoms with van der Waals surface area (Å²) in [5, 5.41) is 4.70. The second-order valence-corrected chi connectivity index (χ2v) is 7.50. The number of hydrogen-bond donors (Lipinski definition) is 1. The number of rotatable bonds is 5. The van der Waals surface area contributed by atoms with E-state index >= 15 is 0 Å². The van der Waals surface area contributed by atoms with Gasteiger partial charge in [-0.15, -0.1) is 0 Å². The van der Waals surface area contributed by atoms with E-state index in [0.717, 1.165) is 44.2 Å². The molecule has 1 aliphatic heterocycles. The summed E-state index contributed by atoms with van der Waals surface area (Å²) in [4.78, 5) is 11.6. The minimum Gasteiger partial charge on any atom is -0.339 e. The van der Waals surface area contributed by atoms with E-state index in [1.807, 2.05) is 6.20 Å². The van der Waals surface area contributed by atoms with Gasteiger partial charge in [0.2, 0.25) is 5.95 Å². The monoisotopic (exact) mass is 294 g/mol. The average molecular weight is 294 g/mol. The van der Waals surface area contributed by atoms with E-state index in [0.29, 0.717) is 10.5 Å². The highest BCUT2D eigenvalue weighted by atomic mass is 32.2. The summed E-state index contributed by atoms with van der Waals surface area (Å²) in [7, 11) is 0. The van der Waals surface area contributed by atoms with Crippen LogP contribution in [0.25, 0.3) is 0 Å². The van der Waals surface area contributed by atoms with Gasteiger partial charge in [-0.25, -0.2) is 9.97 Å². The Balaban J connectivity index is 2.04. The van der Waals surface area contributed by atoms with Crippen molar-refractivity contribution in [3.63, 3.8) is 0 Å². The second kappa shape index (κ2) is 7.27. The molecule has 0 aliphatic carbocycles. The molecule has 4 nitrogen and oxygen atoms in total. The lowest BCUT2D eigenvalue weighted by molar-refractivity contribution is 0.663. The van der Waals surface area contributed by atoms with E-state index in [2.05, 4.69) is 54.7 Å². The van der Waals surface area contributed by atoms with Gasteiger partial charge < -0.3 is 10.2 Å². The Labute approximate surface area is 126 Å². The van der Waals surface area contributed by atoms with E-state index in [1.54, 1.807) is 0 Å². The molecule has 2 rings (SSSR count). The largest absolute Gasteiger partial charge is 0.339 e. The van der Waals surface area contributed by atoms with Crippen LogP contribution < -0.4 is 10.2 Å². The van der Waals surface area contributed by atoms with Crippen molar-refractivity contribution in [2.24, 2.45) is 0 Å². The van der Waals surface area contributed by atoms with Crippen molar-refractivity contribution in [1.82, 2.24) is 15.3 Å². The predicted molar refractivity (Wildman–Crippen MR) is 87.5 cm³/mol. The molecule has 2 unspecified atom stereocenters.